The minimum Gasteiger partial charge on any atom is -0.350 e. The number of hydrogen-bond acceptors (Lipinski definition) is 1. The molecule has 1 heterocycles. The maximum absolute atomic E-state index is 3.79. The van der Waals surface area contributed by atoms with E-state index in [0.29, 0.717) is 6.04 Å². The highest BCUT2D eigenvalue weighted by molar-refractivity contribution is 5.83. The third-order valence-electron chi connectivity index (χ3n) is 4.92. The smallest absolute Gasteiger partial charge is 0.0481 e. The zero-order chi connectivity index (χ0) is 13.9. The van der Waals surface area contributed by atoms with Gasteiger partial charge >= 0.3 is 0 Å². The number of para-hydroxylation sites is 1. The molecule has 0 aliphatic heterocycles. The average Bonchev–Trinajstić information content (AvgIpc) is 2.82. The fourth-order valence-corrected chi connectivity index (χ4v) is 3.67. The Morgan fingerprint density at radius 1 is 1.25 bits per heavy atom. The molecular weight excluding hydrogens is 244 g/mol. The van der Waals surface area contributed by atoms with Crippen LogP contribution in [0.2, 0.25) is 0 Å². The van der Waals surface area contributed by atoms with E-state index >= 15 is 0 Å². The van der Waals surface area contributed by atoms with E-state index in [1.165, 1.54) is 48.6 Å². The van der Waals surface area contributed by atoms with Crippen LogP contribution in [0.25, 0.3) is 10.9 Å². The lowest BCUT2D eigenvalue weighted by Gasteiger charge is -2.29. The second-order valence-electron chi connectivity index (χ2n) is 6.30. The highest BCUT2D eigenvalue weighted by Crippen LogP contribution is 2.27. The maximum atomic E-state index is 3.79. The van der Waals surface area contributed by atoms with Crippen LogP contribution >= 0.6 is 0 Å². The first kappa shape index (κ1) is 13.7. The van der Waals surface area contributed by atoms with Crippen LogP contribution in [0.1, 0.15) is 44.6 Å². The van der Waals surface area contributed by atoms with Crippen LogP contribution in [0.5, 0.6) is 0 Å². The van der Waals surface area contributed by atoms with E-state index in [-0.39, 0.29) is 0 Å². The molecule has 0 radical (unpaired) electrons. The summed E-state index contributed by atoms with van der Waals surface area (Å²) in [4.78, 5) is 0. The number of nitrogens with zero attached hydrogens (tertiary/aromatic N) is 1. The van der Waals surface area contributed by atoms with Crippen LogP contribution in [-0.4, -0.2) is 10.6 Å². The zero-order valence-corrected chi connectivity index (χ0v) is 12.7. The first-order valence-electron chi connectivity index (χ1n) is 8.04. The molecule has 2 unspecified atom stereocenters. The van der Waals surface area contributed by atoms with E-state index in [9.17, 15) is 0 Å². The molecule has 2 nitrogen and oxygen atoms in total. The Bertz CT molecular complexity index is 570. The number of fused-ring (bicyclic) bond motifs is 1. The van der Waals surface area contributed by atoms with Gasteiger partial charge in [-0.2, -0.15) is 0 Å². The minimum absolute atomic E-state index is 0.715. The number of nitrogens with one attached hydrogen (secondary N) is 1. The highest BCUT2D eigenvalue weighted by Gasteiger charge is 2.20. The molecule has 2 atom stereocenters. The molecule has 1 saturated carbocycles. The molecule has 1 fully saturated rings. The number of aromatic nitrogens is 1. The summed E-state index contributed by atoms with van der Waals surface area (Å²) >= 11 is 0. The zero-order valence-electron chi connectivity index (χ0n) is 12.7. The van der Waals surface area contributed by atoms with Crippen molar-refractivity contribution < 1.29 is 0 Å². The summed E-state index contributed by atoms with van der Waals surface area (Å²) in [6, 6.07) is 9.41. The molecule has 1 aromatic carbocycles. The fourth-order valence-electron chi connectivity index (χ4n) is 3.67. The van der Waals surface area contributed by atoms with Crippen molar-refractivity contribution in [2.75, 3.05) is 0 Å². The predicted octanol–water partition coefficient (Wildman–Crippen LogP) is 4.24. The van der Waals surface area contributed by atoms with E-state index in [4.69, 9.17) is 0 Å². The van der Waals surface area contributed by atoms with Gasteiger partial charge < -0.3 is 9.88 Å². The standard InChI is InChI=1S/C18H26N2/c1-3-14-7-6-8-16(11-14)19-12-15-13-20(2)18-10-5-4-9-17(15)18/h4-5,9-10,13-14,16,19H,3,6-8,11-12H2,1-2H3. The molecule has 0 spiro atoms. The van der Waals surface area contributed by atoms with Gasteiger partial charge in [-0.25, -0.2) is 0 Å². The van der Waals surface area contributed by atoms with Gasteiger partial charge in [0, 0.05) is 36.7 Å². The maximum Gasteiger partial charge on any atom is 0.0481 e. The Labute approximate surface area is 122 Å². The van der Waals surface area contributed by atoms with E-state index in [1.54, 1.807) is 0 Å². The van der Waals surface area contributed by atoms with Gasteiger partial charge in [-0.05, 0) is 30.4 Å². The largest absolute Gasteiger partial charge is 0.350 e. The summed E-state index contributed by atoms with van der Waals surface area (Å²) in [5.41, 5.74) is 2.76. The van der Waals surface area contributed by atoms with Gasteiger partial charge in [-0.3, -0.25) is 0 Å². The van der Waals surface area contributed by atoms with E-state index < -0.39 is 0 Å². The molecule has 2 aromatic rings. The average molecular weight is 270 g/mol. The van der Waals surface area contributed by atoms with Crippen LogP contribution in [0, 0.1) is 5.92 Å². The molecule has 2 heteroatoms. The van der Waals surface area contributed by atoms with Crippen LogP contribution in [-0.2, 0) is 13.6 Å². The topological polar surface area (TPSA) is 17.0 Å². The van der Waals surface area contributed by atoms with Gasteiger partial charge in [0.2, 0.25) is 0 Å². The number of aryl methyl sites for hydroxylation is 1. The van der Waals surface area contributed by atoms with Crippen molar-refractivity contribution >= 4 is 10.9 Å². The fraction of sp³-hybridized carbons (Fsp3) is 0.556. The quantitative estimate of drug-likeness (QED) is 0.879. The Morgan fingerprint density at radius 3 is 2.95 bits per heavy atom. The van der Waals surface area contributed by atoms with Crippen molar-refractivity contribution in [1.29, 1.82) is 0 Å². The van der Waals surface area contributed by atoms with Gasteiger partial charge in [-0.15, -0.1) is 0 Å². The number of rotatable bonds is 4. The molecule has 0 bridgehead atoms. The third-order valence-corrected chi connectivity index (χ3v) is 4.92. The molecular formula is C18H26N2. The van der Waals surface area contributed by atoms with Gasteiger partial charge in [-0.1, -0.05) is 44.4 Å². The third kappa shape index (κ3) is 2.76. The number of benzene rings is 1. The van der Waals surface area contributed by atoms with Crippen molar-refractivity contribution in [3.63, 3.8) is 0 Å². The number of hydrogen-bond donors (Lipinski definition) is 1. The summed E-state index contributed by atoms with van der Waals surface area (Å²) in [7, 11) is 2.14. The predicted molar refractivity (Wildman–Crippen MR) is 85.8 cm³/mol. The second-order valence-corrected chi connectivity index (χ2v) is 6.30. The summed E-state index contributed by atoms with van der Waals surface area (Å²) in [6.45, 7) is 3.33. The Hall–Kier alpha value is -1.28. The molecule has 108 valence electrons. The first-order chi connectivity index (χ1) is 9.78. The highest BCUT2D eigenvalue weighted by atomic mass is 14.9. The van der Waals surface area contributed by atoms with Crippen molar-refractivity contribution in [3.05, 3.63) is 36.0 Å². The summed E-state index contributed by atoms with van der Waals surface area (Å²) in [6.07, 6.45) is 9.15. The Kier molecular flexibility index (Phi) is 4.11. The van der Waals surface area contributed by atoms with Gasteiger partial charge in [0.15, 0.2) is 0 Å². The molecule has 1 aromatic heterocycles. The Morgan fingerprint density at radius 2 is 2.10 bits per heavy atom. The lowest BCUT2D eigenvalue weighted by molar-refractivity contribution is 0.278. The molecule has 1 N–H and O–H groups in total. The van der Waals surface area contributed by atoms with Gasteiger partial charge in [0.25, 0.3) is 0 Å². The van der Waals surface area contributed by atoms with Crippen molar-refractivity contribution in [2.45, 2.75) is 51.6 Å². The van der Waals surface area contributed by atoms with Gasteiger partial charge in [0.1, 0.15) is 0 Å². The Balaban J connectivity index is 1.68. The summed E-state index contributed by atoms with van der Waals surface area (Å²) in [5.74, 6) is 0.939. The van der Waals surface area contributed by atoms with Crippen LogP contribution in [0.3, 0.4) is 0 Å². The van der Waals surface area contributed by atoms with Crippen molar-refractivity contribution in [2.24, 2.45) is 13.0 Å². The monoisotopic (exact) mass is 270 g/mol. The van der Waals surface area contributed by atoms with E-state index in [0.717, 1.165) is 12.5 Å². The van der Waals surface area contributed by atoms with E-state index in [2.05, 4.69) is 54.3 Å². The van der Waals surface area contributed by atoms with E-state index in [1.807, 2.05) is 0 Å². The normalized spacial score (nSPS) is 23.3. The molecule has 1 aliphatic rings. The molecule has 0 amide bonds. The lowest BCUT2D eigenvalue weighted by atomic mass is 9.84. The van der Waals surface area contributed by atoms with Crippen molar-refractivity contribution in [1.82, 2.24) is 9.88 Å². The molecule has 0 saturated heterocycles. The summed E-state index contributed by atoms with van der Waals surface area (Å²) < 4.78 is 2.24. The lowest BCUT2D eigenvalue weighted by Crippen LogP contribution is -2.33. The van der Waals surface area contributed by atoms with Crippen LogP contribution < -0.4 is 5.32 Å². The SMILES string of the molecule is CCC1CCCC(NCc2cn(C)c3ccccc23)C1. The molecule has 1 aliphatic carbocycles. The first-order valence-corrected chi connectivity index (χ1v) is 8.04. The summed E-state index contributed by atoms with van der Waals surface area (Å²) in [5, 5.41) is 5.19. The molecule has 3 rings (SSSR count). The second kappa shape index (κ2) is 6.01. The minimum atomic E-state index is 0.715. The molecule has 20 heavy (non-hydrogen) atoms. The van der Waals surface area contributed by atoms with Gasteiger partial charge in [0.05, 0.1) is 0 Å². The van der Waals surface area contributed by atoms with Crippen LogP contribution in [0.4, 0.5) is 0 Å². The van der Waals surface area contributed by atoms with Crippen molar-refractivity contribution in [3.8, 4) is 0 Å². The van der Waals surface area contributed by atoms with Crippen LogP contribution in [0.15, 0.2) is 30.5 Å².